The number of carbonyl (C=O) groups is 1. The van der Waals surface area contributed by atoms with Crippen LogP contribution in [0.15, 0.2) is 66.9 Å². The molecule has 0 unspecified atom stereocenters. The fourth-order valence-corrected chi connectivity index (χ4v) is 5.28. The summed E-state index contributed by atoms with van der Waals surface area (Å²) in [5.41, 5.74) is 3.96. The van der Waals surface area contributed by atoms with Crippen molar-refractivity contribution in [3.8, 4) is 40.3 Å². The number of rotatable bonds is 11. The number of ether oxygens (including phenoxy) is 4. The van der Waals surface area contributed by atoms with Crippen molar-refractivity contribution in [2.24, 2.45) is 0 Å². The zero-order valence-corrected chi connectivity index (χ0v) is 24.4. The van der Waals surface area contributed by atoms with Crippen molar-refractivity contribution in [1.29, 1.82) is 5.26 Å². The van der Waals surface area contributed by atoms with Gasteiger partial charge < -0.3 is 33.9 Å². The molecule has 5 rings (SSSR count). The van der Waals surface area contributed by atoms with Crippen molar-refractivity contribution >= 4 is 27.7 Å². The van der Waals surface area contributed by atoms with Gasteiger partial charge in [0.2, 0.25) is 5.75 Å². The van der Waals surface area contributed by atoms with Crippen LogP contribution in [0, 0.1) is 11.3 Å². The number of hydrogen-bond acceptors (Lipinski definition) is 8. The second kappa shape index (κ2) is 12.7. The normalized spacial score (nSPS) is 11.6. The summed E-state index contributed by atoms with van der Waals surface area (Å²) in [7, 11) is 6.16. The number of aromatic nitrogens is 2. The Bertz CT molecular complexity index is 1820. The summed E-state index contributed by atoms with van der Waals surface area (Å²) < 4.78 is 23.8. The standard InChI is InChI=1S/C33H32N4O6/c1-40-23-9-10-27-25(16-23)26(17-28(36-27)20-14-30(41-2)32(43-4)31(15-20)42-3)33(39)35-22(19-38)13-21-18-37(12-11-34)29-8-6-5-7-24(21)29/h5-10,14-18,22,38H,12-13,19H2,1-4H3,(H,35,39)/t22-/m1/s1. The van der Waals surface area contributed by atoms with Crippen molar-refractivity contribution in [2.75, 3.05) is 35.0 Å². The van der Waals surface area contributed by atoms with Crippen molar-refractivity contribution in [3.63, 3.8) is 0 Å². The average Bonchev–Trinajstić information content (AvgIpc) is 3.39. The van der Waals surface area contributed by atoms with E-state index in [4.69, 9.17) is 23.9 Å². The molecule has 2 N–H and O–H groups in total. The Morgan fingerprint density at radius 1 is 0.977 bits per heavy atom. The summed E-state index contributed by atoms with van der Waals surface area (Å²) in [5.74, 6) is 1.55. The van der Waals surface area contributed by atoms with E-state index < -0.39 is 6.04 Å². The van der Waals surface area contributed by atoms with E-state index in [0.717, 1.165) is 16.5 Å². The Kier molecular flexibility index (Phi) is 8.64. The van der Waals surface area contributed by atoms with Crippen LogP contribution in [0.3, 0.4) is 0 Å². The molecular weight excluding hydrogens is 548 g/mol. The van der Waals surface area contributed by atoms with Crippen molar-refractivity contribution in [3.05, 3.63) is 78.0 Å². The highest BCUT2D eigenvalue weighted by molar-refractivity contribution is 6.07. The number of nitrogens with one attached hydrogen (secondary N) is 1. The van der Waals surface area contributed by atoms with Gasteiger partial charge in [0, 0.05) is 28.0 Å². The van der Waals surface area contributed by atoms with Gasteiger partial charge in [-0.2, -0.15) is 5.26 Å². The maximum atomic E-state index is 13.9. The molecule has 0 radical (unpaired) electrons. The third-order valence-corrected chi connectivity index (χ3v) is 7.36. The molecule has 0 aliphatic carbocycles. The number of pyridine rings is 1. The smallest absolute Gasteiger partial charge is 0.252 e. The summed E-state index contributed by atoms with van der Waals surface area (Å²) in [4.78, 5) is 18.7. The average molecular weight is 581 g/mol. The number of fused-ring (bicyclic) bond motifs is 2. The Hall–Kier alpha value is -5.27. The van der Waals surface area contributed by atoms with Crippen LogP contribution in [-0.4, -0.2) is 61.7 Å². The van der Waals surface area contributed by atoms with E-state index in [1.807, 2.05) is 35.0 Å². The molecular formula is C33H32N4O6. The lowest BCUT2D eigenvalue weighted by atomic mass is 10.0. The number of hydrogen-bond donors (Lipinski definition) is 2. The number of methoxy groups -OCH3 is 4. The van der Waals surface area contributed by atoms with E-state index in [9.17, 15) is 15.2 Å². The molecule has 2 aromatic heterocycles. The molecule has 10 nitrogen and oxygen atoms in total. The first-order valence-corrected chi connectivity index (χ1v) is 13.6. The molecule has 5 aromatic rings. The van der Waals surface area contributed by atoms with E-state index >= 15 is 0 Å². The second-order valence-electron chi connectivity index (χ2n) is 9.87. The van der Waals surface area contributed by atoms with Crippen LogP contribution < -0.4 is 24.3 Å². The molecule has 0 fully saturated rings. The van der Waals surface area contributed by atoms with E-state index in [0.29, 0.717) is 57.1 Å². The lowest BCUT2D eigenvalue weighted by Crippen LogP contribution is -2.39. The second-order valence-corrected chi connectivity index (χ2v) is 9.87. The van der Waals surface area contributed by atoms with Crippen LogP contribution in [0.1, 0.15) is 15.9 Å². The number of carbonyl (C=O) groups excluding carboxylic acids is 1. The topological polar surface area (TPSA) is 128 Å². The van der Waals surface area contributed by atoms with E-state index in [-0.39, 0.29) is 19.1 Å². The number of amides is 1. The van der Waals surface area contributed by atoms with Gasteiger partial charge in [0.1, 0.15) is 12.3 Å². The van der Waals surface area contributed by atoms with Crippen LogP contribution in [-0.2, 0) is 13.0 Å². The highest BCUT2D eigenvalue weighted by Gasteiger charge is 2.22. The summed E-state index contributed by atoms with van der Waals surface area (Å²) in [6.45, 7) is -0.0826. The van der Waals surface area contributed by atoms with Gasteiger partial charge >= 0.3 is 0 Å². The molecule has 0 spiro atoms. The number of aliphatic hydroxyl groups is 1. The van der Waals surface area contributed by atoms with E-state index in [1.54, 1.807) is 43.5 Å². The molecule has 2 heterocycles. The third kappa shape index (κ3) is 5.76. The van der Waals surface area contributed by atoms with Gasteiger partial charge in [0.15, 0.2) is 11.5 Å². The van der Waals surface area contributed by atoms with Gasteiger partial charge in [0.05, 0.1) is 63.9 Å². The van der Waals surface area contributed by atoms with Gasteiger partial charge in [0.25, 0.3) is 5.91 Å². The molecule has 220 valence electrons. The van der Waals surface area contributed by atoms with Crippen LogP contribution in [0.2, 0.25) is 0 Å². The summed E-state index contributed by atoms with van der Waals surface area (Å²) in [5, 5.41) is 24.2. The van der Waals surface area contributed by atoms with Gasteiger partial charge in [-0.15, -0.1) is 0 Å². The molecule has 1 atom stereocenters. The van der Waals surface area contributed by atoms with Crippen molar-refractivity contribution < 1.29 is 28.8 Å². The SMILES string of the molecule is COc1ccc2nc(-c3cc(OC)c(OC)c(OC)c3)cc(C(=O)N[C@@H](CO)Cc3cn(CC#N)c4ccccc34)c2c1. The molecule has 0 saturated carbocycles. The monoisotopic (exact) mass is 580 g/mol. The lowest BCUT2D eigenvalue weighted by Gasteiger charge is -2.18. The highest BCUT2D eigenvalue weighted by atomic mass is 16.5. The number of para-hydroxylation sites is 1. The molecule has 0 aliphatic rings. The van der Waals surface area contributed by atoms with Crippen molar-refractivity contribution in [2.45, 2.75) is 19.0 Å². The molecule has 0 bridgehead atoms. The Morgan fingerprint density at radius 2 is 1.72 bits per heavy atom. The van der Waals surface area contributed by atoms with Crippen LogP contribution in [0.4, 0.5) is 0 Å². The Balaban J connectivity index is 1.55. The summed E-state index contributed by atoms with van der Waals surface area (Å²) in [6.07, 6.45) is 2.27. The maximum absolute atomic E-state index is 13.9. The highest BCUT2D eigenvalue weighted by Crippen LogP contribution is 2.41. The van der Waals surface area contributed by atoms with Gasteiger partial charge in [-0.05, 0) is 54.4 Å². The van der Waals surface area contributed by atoms with Crippen LogP contribution >= 0.6 is 0 Å². The molecule has 0 saturated heterocycles. The summed E-state index contributed by atoms with van der Waals surface area (Å²) in [6, 6.07) is 19.9. The molecule has 10 heteroatoms. The lowest BCUT2D eigenvalue weighted by molar-refractivity contribution is 0.0918. The molecule has 1 amide bonds. The van der Waals surface area contributed by atoms with E-state index in [2.05, 4.69) is 11.4 Å². The van der Waals surface area contributed by atoms with Crippen LogP contribution in [0.5, 0.6) is 23.0 Å². The first-order chi connectivity index (χ1) is 20.9. The van der Waals surface area contributed by atoms with Crippen LogP contribution in [0.25, 0.3) is 33.1 Å². The van der Waals surface area contributed by atoms with Gasteiger partial charge in [-0.1, -0.05) is 18.2 Å². The Labute approximate surface area is 249 Å². The molecule has 43 heavy (non-hydrogen) atoms. The fraction of sp³-hybridized carbons (Fsp3) is 0.242. The summed E-state index contributed by atoms with van der Waals surface area (Å²) >= 11 is 0. The van der Waals surface area contributed by atoms with E-state index in [1.165, 1.54) is 21.3 Å². The number of nitrogens with zero attached hydrogens (tertiary/aromatic N) is 3. The fourth-order valence-electron chi connectivity index (χ4n) is 5.28. The predicted molar refractivity (Wildman–Crippen MR) is 163 cm³/mol. The largest absolute Gasteiger partial charge is 0.497 e. The van der Waals surface area contributed by atoms with Gasteiger partial charge in [-0.3, -0.25) is 4.79 Å². The predicted octanol–water partition coefficient (Wildman–Crippen LogP) is 4.75. The molecule has 0 aliphatic heterocycles. The maximum Gasteiger partial charge on any atom is 0.252 e. The molecule has 3 aromatic carbocycles. The van der Waals surface area contributed by atoms with Crippen molar-refractivity contribution in [1.82, 2.24) is 14.9 Å². The Morgan fingerprint density at radius 3 is 2.37 bits per heavy atom. The first kappa shape index (κ1) is 29.2. The quantitative estimate of drug-likeness (QED) is 0.229. The number of nitriles is 1. The minimum atomic E-state index is -0.590. The zero-order valence-electron chi connectivity index (χ0n) is 24.4. The number of aliphatic hydroxyl groups excluding tert-OH is 1. The minimum Gasteiger partial charge on any atom is -0.497 e. The van der Waals surface area contributed by atoms with Gasteiger partial charge in [-0.25, -0.2) is 4.98 Å². The zero-order chi connectivity index (χ0) is 30.5. The number of benzene rings is 3. The first-order valence-electron chi connectivity index (χ1n) is 13.6. The minimum absolute atomic E-state index is 0.200. The third-order valence-electron chi connectivity index (χ3n) is 7.36.